The summed E-state index contributed by atoms with van der Waals surface area (Å²) in [7, 11) is 0. The Labute approximate surface area is 105 Å². The van der Waals surface area contributed by atoms with E-state index < -0.39 is 0 Å². The largest absolute Gasteiger partial charge is 0.378 e. The highest BCUT2D eigenvalue weighted by Crippen LogP contribution is 2.17. The minimum atomic E-state index is 0.886. The van der Waals surface area contributed by atoms with Gasteiger partial charge in [-0.05, 0) is 19.8 Å². The maximum absolute atomic E-state index is 5.39. The van der Waals surface area contributed by atoms with Gasteiger partial charge in [0.1, 0.15) is 0 Å². The van der Waals surface area contributed by atoms with Gasteiger partial charge in [-0.1, -0.05) is 11.6 Å². The normalized spacial score (nSPS) is 22.4. The van der Waals surface area contributed by atoms with Crippen LogP contribution in [-0.4, -0.2) is 55.7 Å². The molecule has 0 aromatic heterocycles. The fourth-order valence-electron chi connectivity index (χ4n) is 2.39. The van der Waals surface area contributed by atoms with Crippen molar-refractivity contribution in [1.29, 1.82) is 0 Å². The first-order valence-electron chi connectivity index (χ1n) is 6.64. The number of rotatable bonds is 4. The lowest BCUT2D eigenvalue weighted by Gasteiger charge is -2.35. The van der Waals surface area contributed by atoms with Gasteiger partial charge in [0.2, 0.25) is 0 Å². The Balaban J connectivity index is 1.78. The molecule has 2 heterocycles. The molecular weight excluding hydrogens is 212 g/mol. The van der Waals surface area contributed by atoms with Gasteiger partial charge in [0, 0.05) is 38.4 Å². The Bertz CT molecular complexity index is 293. The van der Waals surface area contributed by atoms with Crippen molar-refractivity contribution < 1.29 is 4.74 Å². The third-order valence-electron chi connectivity index (χ3n) is 3.54. The minimum Gasteiger partial charge on any atom is -0.378 e. The van der Waals surface area contributed by atoms with E-state index in [1.54, 1.807) is 0 Å². The molecule has 2 rings (SSSR count). The first kappa shape index (κ1) is 12.7. The van der Waals surface area contributed by atoms with Crippen LogP contribution in [0.2, 0.25) is 0 Å². The van der Waals surface area contributed by atoms with Gasteiger partial charge in [-0.2, -0.15) is 0 Å². The summed E-state index contributed by atoms with van der Waals surface area (Å²) in [6, 6.07) is 0. The van der Waals surface area contributed by atoms with Crippen LogP contribution in [0.4, 0.5) is 0 Å². The zero-order valence-electron chi connectivity index (χ0n) is 11.0. The van der Waals surface area contributed by atoms with E-state index in [1.807, 2.05) is 0 Å². The lowest BCUT2D eigenvalue weighted by molar-refractivity contribution is 0.0499. The molecule has 0 bridgehead atoms. The Hall–Kier alpha value is -0.800. The highest BCUT2D eigenvalue weighted by atomic mass is 16.5. The molecule has 0 unspecified atom stereocenters. The average Bonchev–Trinajstić information content (AvgIpc) is 2.38. The summed E-state index contributed by atoms with van der Waals surface area (Å²) < 4.78 is 5.39. The van der Waals surface area contributed by atoms with Crippen LogP contribution in [0, 0.1) is 0 Å². The number of morpholine rings is 1. The molecule has 0 amide bonds. The summed E-state index contributed by atoms with van der Waals surface area (Å²) in [5, 5.41) is 0. The van der Waals surface area contributed by atoms with Gasteiger partial charge in [0.25, 0.3) is 0 Å². The van der Waals surface area contributed by atoms with E-state index in [1.165, 1.54) is 24.2 Å². The molecule has 0 atom stereocenters. The highest BCUT2D eigenvalue weighted by molar-refractivity contribution is 5.07. The Morgan fingerprint density at radius 2 is 2.12 bits per heavy atom. The topological polar surface area (TPSA) is 15.7 Å². The number of hydrogen-bond donors (Lipinski definition) is 0. The molecule has 0 aliphatic carbocycles. The maximum atomic E-state index is 5.39. The van der Waals surface area contributed by atoms with Crippen LogP contribution in [-0.2, 0) is 4.74 Å². The SMILES string of the molecule is C=C(C)CCN1CC=C(N2CCOCC2)CC1. The molecule has 0 radical (unpaired) electrons. The van der Waals surface area contributed by atoms with Gasteiger partial charge in [-0.15, -0.1) is 6.58 Å². The second kappa shape index (κ2) is 6.22. The third kappa shape index (κ3) is 3.86. The predicted molar refractivity (Wildman–Crippen MR) is 71.0 cm³/mol. The van der Waals surface area contributed by atoms with Crippen molar-refractivity contribution in [1.82, 2.24) is 9.80 Å². The average molecular weight is 236 g/mol. The van der Waals surface area contributed by atoms with Gasteiger partial charge in [-0.3, -0.25) is 4.90 Å². The number of ether oxygens (including phenoxy) is 1. The van der Waals surface area contributed by atoms with Gasteiger partial charge in [-0.25, -0.2) is 0 Å². The van der Waals surface area contributed by atoms with Crippen LogP contribution in [0.3, 0.4) is 0 Å². The molecule has 0 N–H and O–H groups in total. The molecule has 2 aliphatic rings. The summed E-state index contributed by atoms with van der Waals surface area (Å²) >= 11 is 0. The molecule has 3 nitrogen and oxygen atoms in total. The van der Waals surface area contributed by atoms with Crippen LogP contribution in [0.5, 0.6) is 0 Å². The fraction of sp³-hybridized carbons (Fsp3) is 0.714. The molecule has 2 aliphatic heterocycles. The zero-order chi connectivity index (χ0) is 12.1. The molecule has 0 aromatic rings. The van der Waals surface area contributed by atoms with E-state index >= 15 is 0 Å². The number of hydrogen-bond acceptors (Lipinski definition) is 3. The molecule has 96 valence electrons. The molecule has 0 saturated carbocycles. The first-order chi connectivity index (χ1) is 8.25. The Kier molecular flexibility index (Phi) is 4.63. The van der Waals surface area contributed by atoms with Gasteiger partial charge in [0.15, 0.2) is 0 Å². The van der Waals surface area contributed by atoms with E-state index in [2.05, 4.69) is 29.4 Å². The van der Waals surface area contributed by atoms with E-state index in [0.29, 0.717) is 0 Å². The van der Waals surface area contributed by atoms with Crippen LogP contribution in [0.25, 0.3) is 0 Å². The summed E-state index contributed by atoms with van der Waals surface area (Å²) in [6.45, 7) is 13.4. The van der Waals surface area contributed by atoms with E-state index in [4.69, 9.17) is 4.74 Å². The van der Waals surface area contributed by atoms with Gasteiger partial charge < -0.3 is 9.64 Å². The van der Waals surface area contributed by atoms with Crippen LogP contribution >= 0.6 is 0 Å². The van der Waals surface area contributed by atoms with Gasteiger partial charge in [0.05, 0.1) is 13.2 Å². The summed E-state index contributed by atoms with van der Waals surface area (Å²) in [4.78, 5) is 5.00. The number of nitrogens with zero attached hydrogens (tertiary/aromatic N) is 2. The van der Waals surface area contributed by atoms with Crippen molar-refractivity contribution in [2.45, 2.75) is 19.8 Å². The van der Waals surface area contributed by atoms with E-state index in [-0.39, 0.29) is 0 Å². The first-order valence-corrected chi connectivity index (χ1v) is 6.64. The van der Waals surface area contributed by atoms with Crippen LogP contribution < -0.4 is 0 Å². The molecule has 1 saturated heterocycles. The molecular formula is C14H24N2O. The smallest absolute Gasteiger partial charge is 0.0642 e. The lowest BCUT2D eigenvalue weighted by Crippen LogP contribution is -2.39. The zero-order valence-corrected chi connectivity index (χ0v) is 11.0. The third-order valence-corrected chi connectivity index (χ3v) is 3.54. The summed E-state index contributed by atoms with van der Waals surface area (Å²) in [6.07, 6.45) is 4.71. The van der Waals surface area contributed by atoms with Crippen LogP contribution in [0.15, 0.2) is 23.9 Å². The van der Waals surface area contributed by atoms with Crippen molar-refractivity contribution in [3.63, 3.8) is 0 Å². The summed E-state index contributed by atoms with van der Waals surface area (Å²) in [5.41, 5.74) is 2.81. The minimum absolute atomic E-state index is 0.886. The highest BCUT2D eigenvalue weighted by Gasteiger charge is 2.17. The predicted octanol–water partition coefficient (Wildman–Crippen LogP) is 1.87. The van der Waals surface area contributed by atoms with Crippen molar-refractivity contribution in [3.05, 3.63) is 23.9 Å². The van der Waals surface area contributed by atoms with Gasteiger partial charge >= 0.3 is 0 Å². The standard InChI is InChI=1S/C14H24N2O/c1-13(2)3-6-15-7-4-14(5-8-15)16-9-11-17-12-10-16/h4H,1,3,5-12H2,2H3. The monoisotopic (exact) mass is 236 g/mol. The molecule has 17 heavy (non-hydrogen) atoms. The molecule has 0 aromatic carbocycles. The second-order valence-corrected chi connectivity index (χ2v) is 5.05. The molecule has 0 spiro atoms. The van der Waals surface area contributed by atoms with Crippen molar-refractivity contribution in [2.75, 3.05) is 45.9 Å². The van der Waals surface area contributed by atoms with Crippen molar-refractivity contribution in [3.8, 4) is 0 Å². The van der Waals surface area contributed by atoms with E-state index in [0.717, 1.165) is 45.8 Å². The maximum Gasteiger partial charge on any atom is 0.0642 e. The van der Waals surface area contributed by atoms with Crippen molar-refractivity contribution >= 4 is 0 Å². The quantitative estimate of drug-likeness (QED) is 0.693. The lowest BCUT2D eigenvalue weighted by atomic mass is 10.1. The Morgan fingerprint density at radius 3 is 2.71 bits per heavy atom. The van der Waals surface area contributed by atoms with Crippen molar-refractivity contribution in [2.24, 2.45) is 0 Å². The Morgan fingerprint density at radius 1 is 1.35 bits per heavy atom. The van der Waals surface area contributed by atoms with Crippen LogP contribution in [0.1, 0.15) is 19.8 Å². The second-order valence-electron chi connectivity index (χ2n) is 5.05. The fourth-order valence-corrected chi connectivity index (χ4v) is 2.39. The van der Waals surface area contributed by atoms with E-state index in [9.17, 15) is 0 Å². The molecule has 1 fully saturated rings. The summed E-state index contributed by atoms with van der Waals surface area (Å²) in [5.74, 6) is 0. The molecule has 3 heteroatoms.